The number of hydrogen-bond acceptors (Lipinski definition) is 5. The van der Waals surface area contributed by atoms with Crippen molar-refractivity contribution in [2.45, 2.75) is 13.0 Å². The Morgan fingerprint density at radius 2 is 1.82 bits per heavy atom. The van der Waals surface area contributed by atoms with Crippen molar-refractivity contribution in [2.75, 3.05) is 39.9 Å². The van der Waals surface area contributed by atoms with Gasteiger partial charge in [0.25, 0.3) is 5.91 Å². The number of rotatable bonds is 7. The fraction of sp³-hybridized carbons (Fsp3) is 0.364. The van der Waals surface area contributed by atoms with Gasteiger partial charge in [0.1, 0.15) is 11.5 Å². The van der Waals surface area contributed by atoms with Crippen LogP contribution in [-0.4, -0.2) is 61.9 Å². The van der Waals surface area contributed by atoms with Crippen LogP contribution in [0.15, 0.2) is 48.5 Å². The van der Waals surface area contributed by atoms with Crippen molar-refractivity contribution in [3.63, 3.8) is 0 Å². The summed E-state index contributed by atoms with van der Waals surface area (Å²) in [5.74, 6) is 1.25. The Bertz CT molecular complexity index is 791. The molecule has 0 atom stereocenters. The first-order valence-corrected chi connectivity index (χ1v) is 9.49. The zero-order valence-electron chi connectivity index (χ0n) is 16.2. The third-order valence-corrected chi connectivity index (χ3v) is 4.90. The molecule has 0 unspecified atom stereocenters. The molecule has 6 heteroatoms. The van der Waals surface area contributed by atoms with E-state index in [2.05, 4.69) is 17.0 Å². The highest BCUT2D eigenvalue weighted by atomic mass is 16.5. The number of hydrogen-bond donors (Lipinski definition) is 0. The second-order valence-electron chi connectivity index (χ2n) is 6.80. The first-order valence-electron chi connectivity index (χ1n) is 9.49. The van der Waals surface area contributed by atoms with Gasteiger partial charge in [-0.05, 0) is 36.2 Å². The number of carbonyl (C=O) groups is 2. The molecule has 1 fully saturated rings. The maximum atomic E-state index is 12.5. The highest BCUT2D eigenvalue weighted by Gasteiger charge is 2.20. The second kappa shape index (κ2) is 9.90. The van der Waals surface area contributed by atoms with E-state index in [4.69, 9.17) is 9.47 Å². The molecule has 1 heterocycles. The summed E-state index contributed by atoms with van der Waals surface area (Å²) in [5, 5.41) is 0. The molecule has 1 saturated heterocycles. The van der Waals surface area contributed by atoms with E-state index in [-0.39, 0.29) is 12.5 Å². The molecule has 28 heavy (non-hydrogen) atoms. The summed E-state index contributed by atoms with van der Waals surface area (Å²) < 4.78 is 10.8. The van der Waals surface area contributed by atoms with E-state index >= 15 is 0 Å². The van der Waals surface area contributed by atoms with Crippen molar-refractivity contribution in [3.8, 4) is 11.5 Å². The molecule has 1 amide bonds. The summed E-state index contributed by atoms with van der Waals surface area (Å²) in [6.07, 6.45) is 1.66. The van der Waals surface area contributed by atoms with E-state index in [1.807, 2.05) is 17.0 Å². The van der Waals surface area contributed by atoms with Gasteiger partial charge >= 0.3 is 0 Å². The highest BCUT2D eigenvalue weighted by Crippen LogP contribution is 2.17. The van der Waals surface area contributed by atoms with Crippen molar-refractivity contribution >= 4 is 12.2 Å². The van der Waals surface area contributed by atoms with Crippen molar-refractivity contribution in [3.05, 3.63) is 59.7 Å². The molecular weight excluding hydrogens is 356 g/mol. The highest BCUT2D eigenvalue weighted by molar-refractivity contribution is 5.80. The number of amides is 1. The average molecular weight is 382 g/mol. The third kappa shape index (κ3) is 5.33. The van der Waals surface area contributed by atoms with E-state index in [1.165, 1.54) is 5.56 Å². The van der Waals surface area contributed by atoms with E-state index in [0.29, 0.717) is 17.9 Å². The topological polar surface area (TPSA) is 59.1 Å². The van der Waals surface area contributed by atoms with Crippen LogP contribution in [-0.2, 0) is 11.3 Å². The zero-order valence-corrected chi connectivity index (χ0v) is 16.2. The molecule has 6 nitrogen and oxygen atoms in total. The molecule has 0 spiro atoms. The molecule has 2 aromatic rings. The molecule has 0 bridgehead atoms. The number of nitrogens with zero attached hydrogens (tertiary/aromatic N) is 2. The maximum absolute atomic E-state index is 12.5. The minimum Gasteiger partial charge on any atom is -0.497 e. The van der Waals surface area contributed by atoms with Gasteiger partial charge in [-0.2, -0.15) is 0 Å². The average Bonchev–Trinajstić information content (AvgIpc) is 2.98. The van der Waals surface area contributed by atoms with Gasteiger partial charge in [0.05, 0.1) is 12.7 Å². The van der Waals surface area contributed by atoms with Gasteiger partial charge < -0.3 is 14.4 Å². The minimum atomic E-state index is -0.0522. The Balaban J connectivity index is 1.49. The third-order valence-electron chi connectivity index (χ3n) is 4.90. The summed E-state index contributed by atoms with van der Waals surface area (Å²) in [7, 11) is 1.66. The Labute approximate surface area is 165 Å². The van der Waals surface area contributed by atoms with E-state index < -0.39 is 0 Å². The van der Waals surface area contributed by atoms with Gasteiger partial charge in [-0.1, -0.05) is 24.3 Å². The minimum absolute atomic E-state index is 0.0491. The van der Waals surface area contributed by atoms with Crippen LogP contribution in [0.5, 0.6) is 11.5 Å². The van der Waals surface area contributed by atoms with Crippen LogP contribution >= 0.6 is 0 Å². The first kappa shape index (κ1) is 19.9. The number of ether oxygens (including phenoxy) is 2. The molecule has 0 saturated carbocycles. The summed E-state index contributed by atoms with van der Waals surface area (Å²) in [5.41, 5.74) is 1.69. The summed E-state index contributed by atoms with van der Waals surface area (Å²) >= 11 is 0. The van der Waals surface area contributed by atoms with Crippen LogP contribution in [0.25, 0.3) is 0 Å². The van der Waals surface area contributed by atoms with Crippen LogP contribution < -0.4 is 9.47 Å². The van der Waals surface area contributed by atoms with Crippen LogP contribution in [0, 0.1) is 0 Å². The molecule has 0 N–H and O–H groups in total. The lowest BCUT2D eigenvalue weighted by Gasteiger charge is -2.22. The molecule has 1 aliphatic rings. The van der Waals surface area contributed by atoms with Crippen molar-refractivity contribution < 1.29 is 19.1 Å². The van der Waals surface area contributed by atoms with Gasteiger partial charge in [-0.3, -0.25) is 14.5 Å². The lowest BCUT2D eigenvalue weighted by molar-refractivity contribution is -0.133. The van der Waals surface area contributed by atoms with Gasteiger partial charge in [-0.25, -0.2) is 0 Å². The standard InChI is InChI=1S/C22H26N2O4/c1-27-20-9-7-18(8-10-20)15-23-11-4-12-24(14-13-23)22(26)17-28-21-6-3-2-5-19(21)16-25/h2-3,5-10,16H,4,11-15,17H2,1H3. The lowest BCUT2D eigenvalue weighted by atomic mass is 10.2. The molecule has 2 aromatic carbocycles. The largest absolute Gasteiger partial charge is 0.497 e. The van der Waals surface area contributed by atoms with Gasteiger partial charge in [0.2, 0.25) is 0 Å². The summed E-state index contributed by atoms with van der Waals surface area (Å²) in [6, 6.07) is 15.0. The Morgan fingerprint density at radius 3 is 2.57 bits per heavy atom. The molecule has 148 valence electrons. The van der Waals surface area contributed by atoms with Crippen molar-refractivity contribution in [2.24, 2.45) is 0 Å². The molecule has 0 aromatic heterocycles. The Kier molecular flexibility index (Phi) is 7.03. The normalized spacial score (nSPS) is 15.0. The van der Waals surface area contributed by atoms with Gasteiger partial charge in [0, 0.05) is 32.7 Å². The number of para-hydroxylation sites is 1. The number of methoxy groups -OCH3 is 1. The predicted octanol–water partition coefficient (Wildman–Crippen LogP) is 2.62. The predicted molar refractivity (Wildman–Crippen MR) is 107 cm³/mol. The van der Waals surface area contributed by atoms with Crippen molar-refractivity contribution in [1.82, 2.24) is 9.80 Å². The van der Waals surface area contributed by atoms with Gasteiger partial charge in [-0.15, -0.1) is 0 Å². The van der Waals surface area contributed by atoms with E-state index in [9.17, 15) is 9.59 Å². The van der Waals surface area contributed by atoms with Crippen LogP contribution in [0.4, 0.5) is 0 Å². The Hall–Kier alpha value is -2.86. The fourth-order valence-electron chi connectivity index (χ4n) is 3.31. The lowest BCUT2D eigenvalue weighted by Crippen LogP contribution is -2.38. The van der Waals surface area contributed by atoms with Crippen molar-refractivity contribution in [1.29, 1.82) is 0 Å². The number of carbonyl (C=O) groups excluding carboxylic acids is 2. The fourth-order valence-corrected chi connectivity index (χ4v) is 3.31. The summed E-state index contributed by atoms with van der Waals surface area (Å²) in [4.78, 5) is 27.8. The number of benzene rings is 2. The molecule has 0 aliphatic carbocycles. The van der Waals surface area contributed by atoms with Crippen LogP contribution in [0.2, 0.25) is 0 Å². The molecule has 0 radical (unpaired) electrons. The van der Waals surface area contributed by atoms with Crippen LogP contribution in [0.1, 0.15) is 22.3 Å². The van der Waals surface area contributed by atoms with Gasteiger partial charge in [0.15, 0.2) is 12.9 Å². The summed E-state index contributed by atoms with van der Waals surface area (Å²) in [6.45, 7) is 3.97. The molecule has 1 aliphatic heterocycles. The maximum Gasteiger partial charge on any atom is 0.260 e. The first-order chi connectivity index (χ1) is 13.7. The number of aldehydes is 1. The van der Waals surface area contributed by atoms with E-state index in [0.717, 1.165) is 44.6 Å². The monoisotopic (exact) mass is 382 g/mol. The Morgan fingerprint density at radius 1 is 1.04 bits per heavy atom. The molecule has 3 rings (SSSR count). The molecular formula is C22H26N2O4. The second-order valence-corrected chi connectivity index (χ2v) is 6.80. The quantitative estimate of drug-likeness (QED) is 0.689. The van der Waals surface area contributed by atoms with Crippen LogP contribution in [0.3, 0.4) is 0 Å². The zero-order chi connectivity index (χ0) is 19.8. The smallest absolute Gasteiger partial charge is 0.260 e. The van der Waals surface area contributed by atoms with E-state index in [1.54, 1.807) is 31.4 Å². The SMILES string of the molecule is COc1ccc(CN2CCCN(C(=O)COc3ccccc3C=O)CC2)cc1.